The van der Waals surface area contributed by atoms with Crippen LogP contribution >= 0.6 is 11.6 Å². The highest BCUT2D eigenvalue weighted by atomic mass is 35.5. The van der Waals surface area contributed by atoms with E-state index in [4.69, 9.17) is 16.3 Å². The molecule has 0 unspecified atom stereocenters. The number of aryl methyl sites for hydroxylation is 1. The van der Waals surface area contributed by atoms with E-state index >= 15 is 0 Å². The molecule has 1 saturated carbocycles. The van der Waals surface area contributed by atoms with Gasteiger partial charge < -0.3 is 15.4 Å². The van der Waals surface area contributed by atoms with Crippen LogP contribution in [0.5, 0.6) is 5.75 Å². The van der Waals surface area contributed by atoms with Crippen LogP contribution in [0.2, 0.25) is 5.02 Å². The number of hydrogen-bond donors (Lipinski definition) is 2. The number of amides is 1. The number of ether oxygens (including phenoxy) is 1. The minimum Gasteiger partial charge on any atom is -0.495 e. The molecule has 25 heavy (non-hydrogen) atoms. The summed E-state index contributed by atoms with van der Waals surface area (Å²) in [5.41, 5.74) is 2.72. The molecule has 1 heterocycles. The van der Waals surface area contributed by atoms with Crippen LogP contribution in [0.15, 0.2) is 30.5 Å². The predicted octanol–water partition coefficient (Wildman–Crippen LogP) is 4.66. The number of anilines is 2. The average Bonchev–Trinajstić information content (AvgIpc) is 3.11. The second-order valence-electron chi connectivity index (χ2n) is 6.31. The fourth-order valence-corrected chi connectivity index (χ4v) is 3.22. The molecule has 1 amide bonds. The highest BCUT2D eigenvalue weighted by molar-refractivity contribution is 6.31. The van der Waals surface area contributed by atoms with Crippen LogP contribution in [-0.2, 0) is 0 Å². The highest BCUT2D eigenvalue weighted by Gasteiger charge is 2.16. The molecule has 1 aliphatic carbocycles. The lowest BCUT2D eigenvalue weighted by atomic mass is 10.2. The Bertz CT molecular complexity index is 773. The number of aromatic nitrogens is 1. The standard InChI is InChI=1S/C19H22ClN3O2/c1-12-9-16(18(25-2)11-15(12)20)23-19(24)17-10-14(7-8-21-17)22-13-5-3-4-6-13/h7-11,13H,3-6H2,1-2H3,(H,21,22)(H,23,24). The van der Waals surface area contributed by atoms with Gasteiger partial charge in [-0.25, -0.2) is 0 Å². The summed E-state index contributed by atoms with van der Waals surface area (Å²) in [6, 6.07) is 7.64. The van der Waals surface area contributed by atoms with Crippen molar-refractivity contribution in [2.75, 3.05) is 17.7 Å². The minimum atomic E-state index is -0.282. The normalized spacial score (nSPS) is 14.4. The maximum Gasteiger partial charge on any atom is 0.274 e. The van der Waals surface area contributed by atoms with Gasteiger partial charge in [-0.1, -0.05) is 24.4 Å². The summed E-state index contributed by atoms with van der Waals surface area (Å²) in [5.74, 6) is 0.235. The molecule has 0 radical (unpaired) electrons. The van der Waals surface area contributed by atoms with Gasteiger partial charge in [-0.15, -0.1) is 0 Å². The van der Waals surface area contributed by atoms with Crippen LogP contribution in [-0.4, -0.2) is 24.0 Å². The maximum atomic E-state index is 12.6. The van der Waals surface area contributed by atoms with E-state index in [9.17, 15) is 4.79 Å². The Hall–Kier alpha value is -2.27. The van der Waals surface area contributed by atoms with E-state index in [1.54, 1.807) is 31.5 Å². The molecule has 132 valence electrons. The van der Waals surface area contributed by atoms with Gasteiger partial charge in [0.1, 0.15) is 11.4 Å². The third-order valence-corrected chi connectivity index (χ3v) is 4.85. The Morgan fingerprint density at radius 2 is 2.04 bits per heavy atom. The molecular formula is C19H22ClN3O2. The molecule has 0 aliphatic heterocycles. The first-order valence-electron chi connectivity index (χ1n) is 8.45. The molecule has 0 saturated heterocycles. The van der Waals surface area contributed by atoms with Crippen LogP contribution in [0.25, 0.3) is 0 Å². The molecule has 1 aromatic heterocycles. The van der Waals surface area contributed by atoms with Crippen molar-refractivity contribution >= 4 is 28.9 Å². The molecule has 2 aromatic rings. The molecule has 5 nitrogen and oxygen atoms in total. The van der Waals surface area contributed by atoms with Crippen LogP contribution < -0.4 is 15.4 Å². The molecule has 1 aliphatic rings. The second kappa shape index (κ2) is 7.74. The SMILES string of the molecule is COc1cc(Cl)c(C)cc1NC(=O)c1cc(NC2CCCC2)ccn1. The largest absolute Gasteiger partial charge is 0.495 e. The van der Waals surface area contributed by atoms with Crippen molar-refractivity contribution in [3.05, 3.63) is 46.7 Å². The lowest BCUT2D eigenvalue weighted by Gasteiger charge is -2.15. The van der Waals surface area contributed by atoms with Gasteiger partial charge in [-0.2, -0.15) is 0 Å². The van der Waals surface area contributed by atoms with Crippen LogP contribution in [0.3, 0.4) is 0 Å². The van der Waals surface area contributed by atoms with Gasteiger partial charge in [0, 0.05) is 29.0 Å². The first kappa shape index (κ1) is 17.5. The van der Waals surface area contributed by atoms with E-state index in [2.05, 4.69) is 15.6 Å². The van der Waals surface area contributed by atoms with Gasteiger partial charge in [0.15, 0.2) is 0 Å². The number of halogens is 1. The van der Waals surface area contributed by atoms with Gasteiger partial charge in [0.2, 0.25) is 0 Å². The van der Waals surface area contributed by atoms with Crippen molar-refractivity contribution in [3.63, 3.8) is 0 Å². The topological polar surface area (TPSA) is 63.2 Å². The van der Waals surface area contributed by atoms with E-state index in [1.165, 1.54) is 25.7 Å². The fourth-order valence-electron chi connectivity index (χ4n) is 3.07. The smallest absolute Gasteiger partial charge is 0.274 e. The summed E-state index contributed by atoms with van der Waals surface area (Å²) in [5, 5.41) is 6.92. The molecule has 3 rings (SSSR count). The van der Waals surface area contributed by atoms with Crippen molar-refractivity contribution in [2.45, 2.75) is 38.6 Å². The van der Waals surface area contributed by atoms with Gasteiger partial charge in [0.25, 0.3) is 5.91 Å². The number of pyridine rings is 1. The highest BCUT2D eigenvalue weighted by Crippen LogP contribution is 2.31. The van der Waals surface area contributed by atoms with Crippen molar-refractivity contribution in [1.29, 1.82) is 0 Å². The van der Waals surface area contributed by atoms with E-state index in [0.717, 1.165) is 11.3 Å². The number of benzene rings is 1. The zero-order valence-electron chi connectivity index (χ0n) is 14.4. The summed E-state index contributed by atoms with van der Waals surface area (Å²) in [6.45, 7) is 1.88. The Balaban J connectivity index is 1.76. The van der Waals surface area contributed by atoms with Gasteiger partial charge in [-0.3, -0.25) is 9.78 Å². The number of nitrogens with zero attached hydrogens (tertiary/aromatic N) is 1. The number of carbonyl (C=O) groups is 1. The maximum absolute atomic E-state index is 12.6. The number of methoxy groups -OCH3 is 1. The third-order valence-electron chi connectivity index (χ3n) is 4.45. The van der Waals surface area contributed by atoms with Gasteiger partial charge in [0.05, 0.1) is 12.8 Å². The molecule has 6 heteroatoms. The number of rotatable bonds is 5. The van der Waals surface area contributed by atoms with Crippen LogP contribution in [0, 0.1) is 6.92 Å². The molecule has 0 atom stereocenters. The van der Waals surface area contributed by atoms with Crippen LogP contribution in [0.1, 0.15) is 41.7 Å². The number of hydrogen-bond acceptors (Lipinski definition) is 4. The Morgan fingerprint density at radius 1 is 1.28 bits per heavy atom. The lowest BCUT2D eigenvalue weighted by molar-refractivity contribution is 0.102. The number of nitrogens with one attached hydrogen (secondary N) is 2. The molecule has 1 fully saturated rings. The first-order chi connectivity index (χ1) is 12.1. The predicted molar refractivity (Wildman–Crippen MR) is 101 cm³/mol. The summed E-state index contributed by atoms with van der Waals surface area (Å²) in [4.78, 5) is 16.8. The Morgan fingerprint density at radius 3 is 2.76 bits per heavy atom. The van der Waals surface area contributed by atoms with Crippen molar-refractivity contribution in [2.24, 2.45) is 0 Å². The van der Waals surface area contributed by atoms with E-state index in [0.29, 0.717) is 28.2 Å². The second-order valence-corrected chi connectivity index (χ2v) is 6.72. The molecule has 1 aromatic carbocycles. The zero-order valence-corrected chi connectivity index (χ0v) is 15.2. The molecule has 0 spiro atoms. The van der Waals surface area contributed by atoms with E-state index in [-0.39, 0.29) is 5.91 Å². The lowest BCUT2D eigenvalue weighted by Crippen LogP contribution is -2.17. The van der Waals surface area contributed by atoms with Crippen molar-refractivity contribution < 1.29 is 9.53 Å². The minimum absolute atomic E-state index is 0.282. The quantitative estimate of drug-likeness (QED) is 0.815. The van der Waals surface area contributed by atoms with Crippen molar-refractivity contribution in [3.8, 4) is 5.75 Å². The fraction of sp³-hybridized carbons (Fsp3) is 0.368. The monoisotopic (exact) mass is 359 g/mol. The molecule has 2 N–H and O–H groups in total. The Kier molecular flexibility index (Phi) is 5.43. The van der Waals surface area contributed by atoms with Gasteiger partial charge >= 0.3 is 0 Å². The zero-order chi connectivity index (χ0) is 17.8. The summed E-state index contributed by atoms with van der Waals surface area (Å²) >= 11 is 6.11. The van der Waals surface area contributed by atoms with E-state index in [1.807, 2.05) is 13.0 Å². The number of carbonyl (C=O) groups excluding carboxylic acids is 1. The first-order valence-corrected chi connectivity index (χ1v) is 8.82. The molecule has 0 bridgehead atoms. The Labute approximate surface area is 152 Å². The third kappa shape index (κ3) is 4.23. The van der Waals surface area contributed by atoms with Gasteiger partial charge in [-0.05, 0) is 43.5 Å². The average molecular weight is 360 g/mol. The van der Waals surface area contributed by atoms with Crippen LogP contribution in [0.4, 0.5) is 11.4 Å². The summed E-state index contributed by atoms with van der Waals surface area (Å²) in [6.07, 6.45) is 6.50. The van der Waals surface area contributed by atoms with E-state index < -0.39 is 0 Å². The van der Waals surface area contributed by atoms with Crippen molar-refractivity contribution in [1.82, 2.24) is 4.98 Å². The summed E-state index contributed by atoms with van der Waals surface area (Å²) < 4.78 is 5.30. The molecular weight excluding hydrogens is 338 g/mol. The summed E-state index contributed by atoms with van der Waals surface area (Å²) in [7, 11) is 1.54.